The molecule has 2 aromatic rings. The van der Waals surface area contributed by atoms with Crippen molar-refractivity contribution in [2.75, 3.05) is 12.0 Å². The van der Waals surface area contributed by atoms with Gasteiger partial charge in [0.15, 0.2) is 0 Å². The molecule has 1 aromatic carbocycles. The zero-order valence-corrected chi connectivity index (χ0v) is 11.5. The van der Waals surface area contributed by atoms with E-state index < -0.39 is 15.9 Å². The molecule has 1 aromatic heterocycles. The third-order valence-corrected chi connectivity index (χ3v) is 3.98. The van der Waals surface area contributed by atoms with Gasteiger partial charge in [0.1, 0.15) is 33.1 Å². The molecule has 0 saturated carbocycles. The van der Waals surface area contributed by atoms with Gasteiger partial charge in [0.05, 0.1) is 5.75 Å². The molecule has 19 heavy (non-hydrogen) atoms. The molecular formula is C13H15FO4S. The summed E-state index contributed by atoms with van der Waals surface area (Å²) in [5.41, 5.74) is 1.11. The SMILES string of the molecule is Cc1c(C(O)CCS(C)(=O)=O)oc2ccc(F)cc12. The second-order valence-corrected chi connectivity index (χ2v) is 6.93. The van der Waals surface area contributed by atoms with Gasteiger partial charge >= 0.3 is 0 Å². The Hall–Kier alpha value is -1.40. The van der Waals surface area contributed by atoms with Crippen LogP contribution in [0.1, 0.15) is 23.8 Å². The summed E-state index contributed by atoms with van der Waals surface area (Å²) in [6.45, 7) is 1.71. The van der Waals surface area contributed by atoms with E-state index in [1.54, 1.807) is 6.92 Å². The summed E-state index contributed by atoms with van der Waals surface area (Å²) >= 11 is 0. The molecule has 2 rings (SSSR count). The number of sulfone groups is 1. The van der Waals surface area contributed by atoms with Crippen molar-refractivity contribution in [1.29, 1.82) is 0 Å². The highest BCUT2D eigenvalue weighted by Gasteiger charge is 2.19. The molecule has 6 heteroatoms. The molecular weight excluding hydrogens is 271 g/mol. The zero-order chi connectivity index (χ0) is 14.2. The van der Waals surface area contributed by atoms with Crippen LogP contribution in [0.2, 0.25) is 0 Å². The molecule has 4 nitrogen and oxygen atoms in total. The van der Waals surface area contributed by atoms with Gasteiger partial charge in [-0.3, -0.25) is 0 Å². The van der Waals surface area contributed by atoms with Crippen molar-refractivity contribution in [3.8, 4) is 0 Å². The fourth-order valence-corrected chi connectivity index (χ4v) is 2.64. The molecule has 0 radical (unpaired) electrons. The lowest BCUT2D eigenvalue weighted by molar-refractivity contribution is 0.148. The maximum Gasteiger partial charge on any atom is 0.147 e. The maximum atomic E-state index is 13.1. The highest BCUT2D eigenvalue weighted by molar-refractivity contribution is 7.90. The first-order valence-corrected chi connectivity index (χ1v) is 7.88. The molecule has 0 aliphatic rings. The van der Waals surface area contributed by atoms with Crippen molar-refractivity contribution in [3.05, 3.63) is 35.3 Å². The second kappa shape index (κ2) is 4.94. The monoisotopic (exact) mass is 286 g/mol. The number of aliphatic hydroxyl groups is 1. The summed E-state index contributed by atoms with van der Waals surface area (Å²) in [5.74, 6) is -0.211. The molecule has 0 saturated heterocycles. The van der Waals surface area contributed by atoms with Crippen molar-refractivity contribution < 1.29 is 22.3 Å². The number of furan rings is 1. The Morgan fingerprint density at radius 3 is 2.74 bits per heavy atom. The van der Waals surface area contributed by atoms with Crippen LogP contribution in [-0.2, 0) is 9.84 Å². The van der Waals surface area contributed by atoms with E-state index in [0.29, 0.717) is 22.3 Å². The number of rotatable bonds is 4. The van der Waals surface area contributed by atoms with Gasteiger partial charge in [-0.25, -0.2) is 12.8 Å². The molecule has 0 aliphatic carbocycles. The van der Waals surface area contributed by atoms with Crippen LogP contribution in [-0.4, -0.2) is 25.5 Å². The fraction of sp³-hybridized carbons (Fsp3) is 0.385. The summed E-state index contributed by atoms with van der Waals surface area (Å²) in [6.07, 6.45) is 0.160. The van der Waals surface area contributed by atoms with Crippen LogP contribution in [0, 0.1) is 12.7 Å². The minimum Gasteiger partial charge on any atom is -0.458 e. The lowest BCUT2D eigenvalue weighted by atomic mass is 10.1. The van der Waals surface area contributed by atoms with E-state index in [1.165, 1.54) is 18.2 Å². The van der Waals surface area contributed by atoms with E-state index in [0.717, 1.165) is 6.26 Å². The Bertz CT molecular complexity index is 703. The summed E-state index contributed by atoms with van der Waals surface area (Å²) in [7, 11) is -3.14. The first-order valence-electron chi connectivity index (χ1n) is 5.82. The fourth-order valence-electron chi connectivity index (χ4n) is 1.99. The normalized spacial score (nSPS) is 13.9. The number of aliphatic hydroxyl groups excluding tert-OH is 1. The van der Waals surface area contributed by atoms with Gasteiger partial charge in [-0.05, 0) is 31.5 Å². The first-order chi connectivity index (χ1) is 8.78. The number of benzene rings is 1. The second-order valence-electron chi connectivity index (χ2n) is 4.67. The predicted octanol–water partition coefficient (Wildman–Crippen LogP) is 2.35. The van der Waals surface area contributed by atoms with Crippen LogP contribution in [0.5, 0.6) is 0 Å². The third-order valence-electron chi connectivity index (χ3n) is 3.00. The van der Waals surface area contributed by atoms with E-state index in [1.807, 2.05) is 0 Å². The minimum absolute atomic E-state index is 0.0575. The Morgan fingerprint density at radius 1 is 1.42 bits per heavy atom. The van der Waals surface area contributed by atoms with Crippen molar-refractivity contribution >= 4 is 20.8 Å². The topological polar surface area (TPSA) is 67.5 Å². The largest absolute Gasteiger partial charge is 0.458 e. The van der Waals surface area contributed by atoms with Crippen LogP contribution in [0.15, 0.2) is 22.6 Å². The number of fused-ring (bicyclic) bond motifs is 1. The maximum absolute atomic E-state index is 13.1. The van der Waals surface area contributed by atoms with E-state index in [4.69, 9.17) is 4.42 Å². The smallest absolute Gasteiger partial charge is 0.147 e. The average molecular weight is 286 g/mol. The van der Waals surface area contributed by atoms with Crippen molar-refractivity contribution in [2.24, 2.45) is 0 Å². The van der Waals surface area contributed by atoms with E-state index >= 15 is 0 Å². The molecule has 104 valence electrons. The molecule has 0 bridgehead atoms. The number of hydrogen-bond donors (Lipinski definition) is 1. The average Bonchev–Trinajstić information content (AvgIpc) is 2.63. The van der Waals surface area contributed by atoms with Gasteiger partial charge in [0, 0.05) is 17.2 Å². The summed E-state index contributed by atoms with van der Waals surface area (Å²) in [6, 6.07) is 4.10. The first kappa shape index (κ1) is 14.0. The summed E-state index contributed by atoms with van der Waals surface area (Å²) in [4.78, 5) is 0. The zero-order valence-electron chi connectivity index (χ0n) is 10.7. The third kappa shape index (κ3) is 3.13. The molecule has 1 heterocycles. The van der Waals surface area contributed by atoms with Gasteiger partial charge in [-0.1, -0.05) is 0 Å². The van der Waals surface area contributed by atoms with Crippen LogP contribution >= 0.6 is 0 Å². The molecule has 1 unspecified atom stereocenters. The highest BCUT2D eigenvalue weighted by Crippen LogP contribution is 2.31. The minimum atomic E-state index is -3.14. The predicted molar refractivity (Wildman–Crippen MR) is 70.2 cm³/mol. The standard InChI is InChI=1S/C13H15FO4S/c1-8-10-7-9(14)3-4-12(10)18-13(8)11(15)5-6-19(2,16)17/h3-4,7,11,15H,5-6H2,1-2H3. The Morgan fingerprint density at radius 2 is 2.11 bits per heavy atom. The number of aryl methyl sites for hydroxylation is 1. The number of halogens is 1. The van der Waals surface area contributed by atoms with Gasteiger partial charge in [0.25, 0.3) is 0 Å². The van der Waals surface area contributed by atoms with Crippen LogP contribution < -0.4 is 0 Å². The van der Waals surface area contributed by atoms with Crippen LogP contribution in [0.25, 0.3) is 11.0 Å². The lowest BCUT2D eigenvalue weighted by Crippen LogP contribution is -2.08. The lowest BCUT2D eigenvalue weighted by Gasteiger charge is -2.07. The van der Waals surface area contributed by atoms with Gasteiger partial charge in [0.2, 0.25) is 0 Å². The number of hydrogen-bond acceptors (Lipinski definition) is 4. The van der Waals surface area contributed by atoms with Gasteiger partial charge in [-0.15, -0.1) is 0 Å². The molecule has 1 atom stereocenters. The summed E-state index contributed by atoms with van der Waals surface area (Å²) in [5, 5.41) is 10.6. The molecule has 0 amide bonds. The molecule has 0 spiro atoms. The van der Waals surface area contributed by atoms with Crippen LogP contribution in [0.3, 0.4) is 0 Å². The van der Waals surface area contributed by atoms with Crippen molar-refractivity contribution in [3.63, 3.8) is 0 Å². The van der Waals surface area contributed by atoms with E-state index in [-0.39, 0.29) is 18.0 Å². The Labute approximate surface area is 110 Å². The van der Waals surface area contributed by atoms with Gasteiger partial charge in [-0.2, -0.15) is 0 Å². The molecule has 0 fully saturated rings. The van der Waals surface area contributed by atoms with Crippen molar-refractivity contribution in [1.82, 2.24) is 0 Å². The Balaban J connectivity index is 2.32. The molecule has 0 aliphatic heterocycles. The van der Waals surface area contributed by atoms with E-state index in [9.17, 15) is 17.9 Å². The summed E-state index contributed by atoms with van der Waals surface area (Å²) < 4.78 is 40.8. The molecule has 1 N–H and O–H groups in total. The van der Waals surface area contributed by atoms with Gasteiger partial charge < -0.3 is 9.52 Å². The quantitative estimate of drug-likeness (QED) is 0.936. The highest BCUT2D eigenvalue weighted by atomic mass is 32.2. The van der Waals surface area contributed by atoms with Crippen molar-refractivity contribution in [2.45, 2.75) is 19.4 Å². The van der Waals surface area contributed by atoms with E-state index in [2.05, 4.69) is 0 Å². The van der Waals surface area contributed by atoms with Crippen LogP contribution in [0.4, 0.5) is 4.39 Å². The Kier molecular flexibility index (Phi) is 3.64.